The third-order valence-corrected chi connectivity index (χ3v) is 11.8. The molecule has 0 aliphatic carbocycles. The summed E-state index contributed by atoms with van der Waals surface area (Å²) in [5, 5.41) is 2.70. The van der Waals surface area contributed by atoms with Crippen LogP contribution in [0.15, 0.2) is 30.9 Å². The molecule has 0 spiro atoms. The molecule has 30 heavy (non-hydrogen) atoms. The Morgan fingerprint density at radius 1 is 1.40 bits per heavy atom. The fraction of sp³-hybridized carbons (Fsp3) is 0.591. The molecule has 1 unspecified atom stereocenters. The number of carbonyl (C=O) groups excluding carboxylic acids is 1. The first-order valence-electron chi connectivity index (χ1n) is 10.0. The Labute approximate surface area is 192 Å². The second-order valence-electron chi connectivity index (χ2n) is 9.37. The highest BCUT2D eigenvalue weighted by Crippen LogP contribution is 2.38. The quantitative estimate of drug-likeness (QED) is 0.251. The first-order chi connectivity index (χ1) is 13.7. The zero-order valence-corrected chi connectivity index (χ0v) is 21.8. The van der Waals surface area contributed by atoms with Crippen molar-refractivity contribution in [2.75, 3.05) is 13.7 Å². The van der Waals surface area contributed by atoms with Crippen molar-refractivity contribution in [1.29, 1.82) is 0 Å². The summed E-state index contributed by atoms with van der Waals surface area (Å²) < 4.78 is 20.0. The second-order valence-corrected chi connectivity index (χ2v) is 15.2. The fourth-order valence-electron chi connectivity index (χ4n) is 2.68. The molecule has 0 heterocycles. The maximum absolute atomic E-state index is 13.6. The zero-order chi connectivity index (χ0) is 23.3. The Morgan fingerprint density at radius 2 is 2.00 bits per heavy atom. The molecule has 0 saturated heterocycles. The number of hydrogen-bond donors (Lipinski definition) is 2. The molecule has 0 aliphatic heterocycles. The van der Waals surface area contributed by atoms with Gasteiger partial charge in [0, 0.05) is 25.4 Å². The molecule has 1 aromatic carbocycles. The Hall–Kier alpha value is -1.02. The van der Waals surface area contributed by atoms with Gasteiger partial charge in [0.25, 0.3) is 0 Å². The van der Waals surface area contributed by atoms with Gasteiger partial charge in [-0.05, 0) is 43.1 Å². The van der Waals surface area contributed by atoms with Crippen LogP contribution in [0.1, 0.15) is 39.7 Å². The van der Waals surface area contributed by atoms with Crippen molar-refractivity contribution in [1.82, 2.24) is 10.2 Å². The molecule has 8 heteroatoms. The van der Waals surface area contributed by atoms with Gasteiger partial charge < -0.3 is 14.6 Å². The fourth-order valence-corrected chi connectivity index (χ4v) is 4.38. The van der Waals surface area contributed by atoms with E-state index < -0.39 is 19.7 Å². The SMILES string of the molecule is C=CC[C@](C)(C(S)CO[Si](C)(C)C(C)(C)C)N(C)C(=O)NCc1cccc(F)c1Cl. The van der Waals surface area contributed by atoms with Gasteiger partial charge in [0.15, 0.2) is 8.32 Å². The van der Waals surface area contributed by atoms with Gasteiger partial charge in [-0.25, -0.2) is 9.18 Å². The Kier molecular flexibility index (Phi) is 9.48. The molecule has 0 saturated carbocycles. The number of thiol groups is 1. The molecule has 1 N–H and O–H groups in total. The lowest BCUT2D eigenvalue weighted by molar-refractivity contribution is 0.126. The summed E-state index contributed by atoms with van der Waals surface area (Å²) in [6, 6.07) is 4.24. The Balaban J connectivity index is 2.90. The topological polar surface area (TPSA) is 41.6 Å². The van der Waals surface area contributed by atoms with Crippen LogP contribution < -0.4 is 5.32 Å². The second kappa shape index (κ2) is 10.5. The summed E-state index contributed by atoms with van der Waals surface area (Å²) in [5.41, 5.74) is -0.101. The lowest BCUT2D eigenvalue weighted by atomic mass is 9.91. The van der Waals surface area contributed by atoms with Crippen LogP contribution in [-0.2, 0) is 11.0 Å². The highest BCUT2D eigenvalue weighted by Gasteiger charge is 2.42. The minimum absolute atomic E-state index is 0.0177. The summed E-state index contributed by atoms with van der Waals surface area (Å²) >= 11 is 10.8. The summed E-state index contributed by atoms with van der Waals surface area (Å²) in [5.74, 6) is -0.508. The third-order valence-electron chi connectivity index (χ3n) is 6.22. The number of benzene rings is 1. The highest BCUT2D eigenvalue weighted by molar-refractivity contribution is 7.81. The van der Waals surface area contributed by atoms with Gasteiger partial charge in [-0.2, -0.15) is 12.6 Å². The molecule has 0 aliphatic rings. The van der Waals surface area contributed by atoms with E-state index in [0.29, 0.717) is 18.6 Å². The summed E-state index contributed by atoms with van der Waals surface area (Å²) in [7, 11) is -0.223. The van der Waals surface area contributed by atoms with Crippen LogP contribution in [0.2, 0.25) is 23.2 Å². The van der Waals surface area contributed by atoms with Crippen molar-refractivity contribution in [2.45, 2.75) is 69.6 Å². The third kappa shape index (κ3) is 6.49. The minimum atomic E-state index is -1.95. The van der Waals surface area contributed by atoms with Crippen LogP contribution >= 0.6 is 24.2 Å². The molecule has 1 aromatic rings. The normalized spacial score (nSPS) is 15.3. The predicted octanol–water partition coefficient (Wildman–Crippen LogP) is 6.28. The summed E-state index contributed by atoms with van der Waals surface area (Å²) in [4.78, 5) is 14.5. The number of urea groups is 1. The van der Waals surface area contributed by atoms with E-state index in [1.165, 1.54) is 6.07 Å². The monoisotopic (exact) mass is 474 g/mol. The number of hydrogen-bond acceptors (Lipinski definition) is 3. The van der Waals surface area contributed by atoms with Crippen LogP contribution in [0, 0.1) is 5.82 Å². The van der Waals surface area contributed by atoms with E-state index in [4.69, 9.17) is 28.7 Å². The highest BCUT2D eigenvalue weighted by atomic mass is 35.5. The smallest absolute Gasteiger partial charge is 0.317 e. The van der Waals surface area contributed by atoms with Crippen molar-refractivity contribution >= 4 is 38.6 Å². The number of amides is 2. The van der Waals surface area contributed by atoms with Crippen LogP contribution in [0.4, 0.5) is 9.18 Å². The first kappa shape index (κ1) is 27.0. The first-order valence-corrected chi connectivity index (χ1v) is 13.8. The maximum Gasteiger partial charge on any atom is 0.317 e. The number of nitrogens with one attached hydrogen (secondary N) is 1. The van der Waals surface area contributed by atoms with E-state index in [1.54, 1.807) is 30.2 Å². The van der Waals surface area contributed by atoms with Crippen molar-refractivity contribution in [3.8, 4) is 0 Å². The van der Waals surface area contributed by atoms with Crippen molar-refractivity contribution in [3.05, 3.63) is 47.3 Å². The number of carbonyl (C=O) groups is 1. The van der Waals surface area contributed by atoms with E-state index >= 15 is 0 Å². The van der Waals surface area contributed by atoms with Crippen LogP contribution in [0.5, 0.6) is 0 Å². The van der Waals surface area contributed by atoms with Gasteiger partial charge in [-0.15, -0.1) is 6.58 Å². The molecule has 0 aromatic heterocycles. The number of rotatable bonds is 9. The van der Waals surface area contributed by atoms with E-state index in [-0.39, 0.29) is 27.9 Å². The molecule has 1 rings (SSSR count). The molecule has 0 radical (unpaired) electrons. The summed E-state index contributed by atoms with van der Waals surface area (Å²) in [6.45, 7) is 17.3. The average Bonchev–Trinajstić information content (AvgIpc) is 2.65. The largest absolute Gasteiger partial charge is 0.416 e. The molecule has 0 bridgehead atoms. The minimum Gasteiger partial charge on any atom is -0.416 e. The van der Waals surface area contributed by atoms with E-state index in [2.05, 4.69) is 45.8 Å². The lowest BCUT2D eigenvalue weighted by Gasteiger charge is -2.44. The lowest BCUT2D eigenvalue weighted by Crippen LogP contribution is -2.58. The predicted molar refractivity (Wildman–Crippen MR) is 131 cm³/mol. The maximum atomic E-state index is 13.6. The van der Waals surface area contributed by atoms with E-state index in [9.17, 15) is 9.18 Å². The van der Waals surface area contributed by atoms with Crippen molar-refractivity contribution in [3.63, 3.8) is 0 Å². The average molecular weight is 475 g/mol. The van der Waals surface area contributed by atoms with Gasteiger partial charge in [0.1, 0.15) is 5.82 Å². The van der Waals surface area contributed by atoms with Crippen molar-refractivity contribution < 1.29 is 13.6 Å². The summed E-state index contributed by atoms with van der Waals surface area (Å²) in [6.07, 6.45) is 2.33. The number of halogens is 2. The molecular formula is C22H36ClFN2O2SSi. The van der Waals surface area contributed by atoms with Gasteiger partial charge in [-0.1, -0.05) is 50.6 Å². The standard InChI is InChI=1S/C22H36ClFN2O2SSi/c1-9-13-22(5,18(29)15-28-30(7,8)21(2,3)4)26(6)20(27)25-14-16-11-10-12-17(24)19(16)23/h9-12,18,29H,1,13-15H2,2-8H3,(H,25,27)/t18?,22-/m1/s1. The molecule has 4 nitrogen and oxygen atoms in total. The van der Waals surface area contributed by atoms with E-state index in [1.807, 2.05) is 6.92 Å². The zero-order valence-electron chi connectivity index (χ0n) is 19.2. The Morgan fingerprint density at radius 3 is 2.53 bits per heavy atom. The van der Waals surface area contributed by atoms with Crippen molar-refractivity contribution in [2.24, 2.45) is 0 Å². The van der Waals surface area contributed by atoms with Gasteiger partial charge in [0.05, 0.1) is 10.6 Å². The molecule has 0 fully saturated rings. The molecule has 2 amide bonds. The van der Waals surface area contributed by atoms with Crippen LogP contribution in [0.3, 0.4) is 0 Å². The van der Waals surface area contributed by atoms with Crippen LogP contribution in [-0.4, -0.2) is 43.7 Å². The van der Waals surface area contributed by atoms with Gasteiger partial charge in [-0.3, -0.25) is 0 Å². The van der Waals surface area contributed by atoms with Gasteiger partial charge in [0.2, 0.25) is 0 Å². The Bertz CT molecular complexity index is 757. The van der Waals surface area contributed by atoms with Crippen LogP contribution in [0.25, 0.3) is 0 Å². The number of nitrogens with zero attached hydrogens (tertiary/aromatic N) is 1. The molecule has 170 valence electrons. The van der Waals surface area contributed by atoms with E-state index in [0.717, 1.165) is 0 Å². The molecule has 2 atom stereocenters. The molecular weight excluding hydrogens is 439 g/mol. The van der Waals surface area contributed by atoms with Gasteiger partial charge >= 0.3 is 6.03 Å².